The van der Waals surface area contributed by atoms with Gasteiger partial charge in [0.2, 0.25) is 0 Å². The van der Waals surface area contributed by atoms with E-state index in [9.17, 15) is 13.2 Å². The predicted molar refractivity (Wildman–Crippen MR) is 134 cm³/mol. The summed E-state index contributed by atoms with van der Waals surface area (Å²) in [5.74, 6) is -0.100. The van der Waals surface area contributed by atoms with E-state index in [0.717, 1.165) is 12.0 Å². The minimum Gasteiger partial charge on any atom is -0.383 e. The molecule has 0 aliphatic heterocycles. The number of nitrogen functional groups attached to an aromatic ring is 1. The van der Waals surface area contributed by atoms with E-state index >= 15 is 0 Å². The molecule has 2 heterocycles. The molecule has 0 saturated heterocycles. The molecule has 176 valence electrons. The summed E-state index contributed by atoms with van der Waals surface area (Å²) < 4.78 is 30.1. The molecule has 0 fully saturated rings. The van der Waals surface area contributed by atoms with Crippen molar-refractivity contribution in [3.8, 4) is 0 Å². The molecule has 0 radical (unpaired) electrons. The number of rotatable bonds is 7. The van der Waals surface area contributed by atoms with Crippen molar-refractivity contribution in [1.82, 2.24) is 14.5 Å². The number of carbonyl (C=O) groups is 1. The highest BCUT2D eigenvalue weighted by atomic mass is 35.5. The highest BCUT2D eigenvalue weighted by Gasteiger charge is 2.23. The van der Waals surface area contributed by atoms with Gasteiger partial charge in [0, 0.05) is 28.5 Å². The van der Waals surface area contributed by atoms with Gasteiger partial charge in [-0.25, -0.2) is 18.4 Å². The first-order chi connectivity index (χ1) is 16.1. The van der Waals surface area contributed by atoms with Crippen molar-refractivity contribution < 1.29 is 13.2 Å². The van der Waals surface area contributed by atoms with Crippen molar-refractivity contribution >= 4 is 49.9 Å². The summed E-state index contributed by atoms with van der Waals surface area (Å²) in [6.45, 7) is 5.86. The third kappa shape index (κ3) is 4.36. The number of carbonyl (C=O) groups excluding carboxylic acids is 1. The van der Waals surface area contributed by atoms with Gasteiger partial charge in [-0.05, 0) is 50.1 Å². The summed E-state index contributed by atoms with van der Waals surface area (Å²) in [6.07, 6.45) is 3.94. The van der Waals surface area contributed by atoms with Crippen LogP contribution in [0.15, 0.2) is 59.9 Å². The van der Waals surface area contributed by atoms with Crippen LogP contribution in [-0.4, -0.2) is 28.7 Å². The van der Waals surface area contributed by atoms with Crippen LogP contribution < -0.4 is 10.5 Å². The van der Waals surface area contributed by atoms with E-state index < -0.39 is 10.0 Å². The van der Waals surface area contributed by atoms with Gasteiger partial charge in [-0.3, -0.25) is 9.52 Å². The van der Waals surface area contributed by atoms with Crippen LogP contribution in [0.2, 0.25) is 5.02 Å². The third-order valence-corrected chi connectivity index (χ3v) is 7.57. The van der Waals surface area contributed by atoms with E-state index in [1.54, 1.807) is 37.4 Å². The van der Waals surface area contributed by atoms with Crippen molar-refractivity contribution in [1.29, 1.82) is 0 Å². The Balaban J connectivity index is 1.72. The highest BCUT2D eigenvalue weighted by Crippen LogP contribution is 2.30. The molecule has 0 aliphatic rings. The largest absolute Gasteiger partial charge is 0.383 e. The van der Waals surface area contributed by atoms with Crippen LogP contribution >= 0.6 is 11.6 Å². The Kier molecular flexibility index (Phi) is 6.33. The van der Waals surface area contributed by atoms with Crippen molar-refractivity contribution in [3.63, 3.8) is 0 Å². The maximum Gasteiger partial charge on any atom is 0.261 e. The normalized spacial score (nSPS) is 12.6. The lowest BCUT2D eigenvalue weighted by molar-refractivity contribution is 0.104. The number of nitrogens with one attached hydrogen (secondary N) is 1. The van der Waals surface area contributed by atoms with Crippen LogP contribution in [0, 0.1) is 6.92 Å². The predicted octanol–water partition coefficient (Wildman–Crippen LogP) is 4.98. The molecule has 10 heteroatoms. The SMILES string of the molecule is CCC(C)n1cc(C(=O)c2cccc(NS(=O)(=O)c3ccc(C)c(Cl)c3)c2)c2c(N)ncnc21. The van der Waals surface area contributed by atoms with Crippen molar-refractivity contribution in [3.05, 3.63) is 76.7 Å². The average Bonchev–Trinajstić information content (AvgIpc) is 3.20. The number of aromatic nitrogens is 3. The van der Waals surface area contributed by atoms with Gasteiger partial charge < -0.3 is 10.3 Å². The smallest absolute Gasteiger partial charge is 0.261 e. The Morgan fingerprint density at radius 3 is 2.68 bits per heavy atom. The average molecular weight is 498 g/mol. The fraction of sp³-hybridized carbons (Fsp3) is 0.208. The van der Waals surface area contributed by atoms with E-state index in [1.165, 1.54) is 24.5 Å². The van der Waals surface area contributed by atoms with Gasteiger partial charge in [0.05, 0.1) is 15.8 Å². The van der Waals surface area contributed by atoms with Crippen LogP contribution in [0.4, 0.5) is 11.5 Å². The summed E-state index contributed by atoms with van der Waals surface area (Å²) in [4.78, 5) is 21.9. The molecule has 0 bridgehead atoms. The Hall–Kier alpha value is -3.43. The fourth-order valence-electron chi connectivity index (χ4n) is 3.65. The first kappa shape index (κ1) is 23.7. The summed E-state index contributed by atoms with van der Waals surface area (Å²) in [6, 6.07) is 10.9. The van der Waals surface area contributed by atoms with Crippen molar-refractivity contribution in [2.24, 2.45) is 0 Å². The standard InChI is InChI=1S/C24H24ClN5O3S/c1-4-15(3)30-12-19(21-23(26)27-13-28-24(21)30)22(31)16-6-5-7-17(10-16)29-34(32,33)18-9-8-14(2)20(25)11-18/h5-13,15,29H,4H2,1-3H3,(H2,26,27,28). The monoisotopic (exact) mass is 497 g/mol. The zero-order valence-corrected chi connectivity index (χ0v) is 20.5. The van der Waals surface area contributed by atoms with Crippen LogP contribution in [0.3, 0.4) is 0 Å². The second-order valence-corrected chi connectivity index (χ2v) is 10.2. The van der Waals surface area contributed by atoms with Gasteiger partial charge in [0.1, 0.15) is 17.8 Å². The maximum absolute atomic E-state index is 13.5. The first-order valence-corrected chi connectivity index (χ1v) is 12.5. The van der Waals surface area contributed by atoms with Crippen LogP contribution in [-0.2, 0) is 10.0 Å². The van der Waals surface area contributed by atoms with E-state index in [0.29, 0.717) is 27.2 Å². The van der Waals surface area contributed by atoms with E-state index in [1.807, 2.05) is 18.4 Å². The Bertz CT molecular complexity index is 1510. The number of benzene rings is 2. The third-order valence-electron chi connectivity index (χ3n) is 5.78. The molecule has 0 spiro atoms. The number of nitrogens with zero attached hydrogens (tertiary/aromatic N) is 3. The topological polar surface area (TPSA) is 120 Å². The zero-order chi connectivity index (χ0) is 24.6. The number of halogens is 1. The number of ketones is 1. The molecule has 4 rings (SSSR count). The molecule has 0 amide bonds. The summed E-state index contributed by atoms with van der Waals surface area (Å²) in [5.41, 5.74) is 8.37. The van der Waals surface area contributed by atoms with Crippen molar-refractivity contribution in [2.75, 3.05) is 10.5 Å². The van der Waals surface area contributed by atoms with Crippen molar-refractivity contribution in [2.45, 2.75) is 38.1 Å². The molecule has 4 aromatic rings. The van der Waals surface area contributed by atoms with Gasteiger partial charge in [-0.1, -0.05) is 36.7 Å². The summed E-state index contributed by atoms with van der Waals surface area (Å²) in [5, 5.41) is 0.831. The molecule has 0 saturated carbocycles. The van der Waals surface area contributed by atoms with Gasteiger partial charge in [0.25, 0.3) is 10.0 Å². The molecule has 1 unspecified atom stereocenters. The Morgan fingerprint density at radius 2 is 1.97 bits per heavy atom. The van der Waals surface area contributed by atoms with Gasteiger partial charge in [0.15, 0.2) is 5.78 Å². The number of aryl methyl sites for hydroxylation is 1. The van der Waals surface area contributed by atoms with Gasteiger partial charge in [-0.2, -0.15) is 0 Å². The molecular formula is C24H24ClN5O3S. The lowest BCUT2D eigenvalue weighted by Crippen LogP contribution is -2.13. The Morgan fingerprint density at radius 1 is 1.21 bits per heavy atom. The van der Waals surface area contributed by atoms with Crippen LogP contribution in [0.1, 0.15) is 47.8 Å². The molecule has 3 N–H and O–H groups in total. The summed E-state index contributed by atoms with van der Waals surface area (Å²) in [7, 11) is -3.90. The molecule has 8 nitrogen and oxygen atoms in total. The molecule has 1 atom stereocenters. The van der Waals surface area contributed by atoms with E-state index in [-0.39, 0.29) is 28.2 Å². The van der Waals surface area contributed by atoms with Crippen LogP contribution in [0.5, 0.6) is 0 Å². The molecule has 2 aromatic heterocycles. The maximum atomic E-state index is 13.5. The molecule has 2 aromatic carbocycles. The lowest BCUT2D eigenvalue weighted by atomic mass is 10.0. The fourth-order valence-corrected chi connectivity index (χ4v) is 4.97. The highest BCUT2D eigenvalue weighted by molar-refractivity contribution is 7.92. The quantitative estimate of drug-likeness (QED) is 0.347. The molecule has 34 heavy (non-hydrogen) atoms. The minimum absolute atomic E-state index is 0.0291. The minimum atomic E-state index is -3.90. The number of hydrogen-bond donors (Lipinski definition) is 2. The van der Waals surface area contributed by atoms with Gasteiger partial charge >= 0.3 is 0 Å². The molecular weight excluding hydrogens is 474 g/mol. The van der Waals surface area contributed by atoms with Crippen LogP contribution in [0.25, 0.3) is 11.0 Å². The number of sulfonamides is 1. The number of nitrogens with two attached hydrogens (primary N) is 1. The van der Waals surface area contributed by atoms with E-state index in [2.05, 4.69) is 14.7 Å². The summed E-state index contributed by atoms with van der Waals surface area (Å²) >= 11 is 6.09. The lowest BCUT2D eigenvalue weighted by Gasteiger charge is -2.11. The second-order valence-electron chi connectivity index (χ2n) is 8.09. The molecule has 0 aliphatic carbocycles. The second kappa shape index (κ2) is 9.08. The van der Waals surface area contributed by atoms with E-state index in [4.69, 9.17) is 17.3 Å². The number of anilines is 2. The number of fused-ring (bicyclic) bond motifs is 1. The van der Waals surface area contributed by atoms with Gasteiger partial charge in [-0.15, -0.1) is 0 Å². The first-order valence-electron chi connectivity index (χ1n) is 10.7. The Labute approximate surface area is 202 Å². The number of hydrogen-bond acceptors (Lipinski definition) is 6. The zero-order valence-electron chi connectivity index (χ0n) is 18.9.